The summed E-state index contributed by atoms with van der Waals surface area (Å²) in [5.74, 6) is 0.00624. The summed E-state index contributed by atoms with van der Waals surface area (Å²) in [4.78, 5) is 13.0. The third-order valence-electron chi connectivity index (χ3n) is 7.95. The van der Waals surface area contributed by atoms with E-state index >= 15 is 0 Å². The summed E-state index contributed by atoms with van der Waals surface area (Å²) in [6, 6.07) is 18.6. The molecule has 1 aliphatic carbocycles. The number of halogens is 3. The van der Waals surface area contributed by atoms with Crippen molar-refractivity contribution < 1.29 is 27.4 Å². The smallest absolute Gasteiger partial charge is 0.409 e. The first-order valence-corrected chi connectivity index (χ1v) is 13.1. The van der Waals surface area contributed by atoms with Gasteiger partial charge in [0.25, 0.3) is 0 Å². The van der Waals surface area contributed by atoms with Crippen molar-refractivity contribution in [3.8, 4) is 5.75 Å². The van der Waals surface area contributed by atoms with Crippen molar-refractivity contribution >= 4 is 22.4 Å². The summed E-state index contributed by atoms with van der Waals surface area (Å²) in [6.07, 6.45) is -3.42. The van der Waals surface area contributed by atoms with Crippen LogP contribution in [0.2, 0.25) is 0 Å². The first-order valence-electron chi connectivity index (χ1n) is 13.1. The molecule has 4 nitrogen and oxygen atoms in total. The van der Waals surface area contributed by atoms with E-state index in [4.69, 9.17) is 9.47 Å². The molecule has 1 N–H and O–H groups in total. The van der Waals surface area contributed by atoms with Crippen molar-refractivity contribution in [3.05, 3.63) is 72.3 Å². The Morgan fingerprint density at radius 3 is 2.34 bits per heavy atom. The van der Waals surface area contributed by atoms with E-state index in [2.05, 4.69) is 56.4 Å². The number of alkyl halides is 3. The molecule has 3 aromatic carbocycles. The molecule has 1 aliphatic rings. The number of esters is 1. The van der Waals surface area contributed by atoms with Crippen molar-refractivity contribution in [3.63, 3.8) is 0 Å². The van der Waals surface area contributed by atoms with Crippen LogP contribution in [0.4, 0.5) is 18.9 Å². The van der Waals surface area contributed by atoms with Crippen LogP contribution >= 0.6 is 0 Å². The van der Waals surface area contributed by atoms with Crippen LogP contribution in [-0.2, 0) is 14.9 Å². The van der Waals surface area contributed by atoms with Crippen LogP contribution in [0, 0.1) is 11.8 Å². The number of carbonyl (C=O) groups is 1. The lowest BCUT2D eigenvalue weighted by atomic mass is 9.64. The van der Waals surface area contributed by atoms with Gasteiger partial charge in [0, 0.05) is 11.6 Å². The minimum Gasteiger partial charge on any atom is -0.497 e. The molecule has 3 aromatic rings. The standard InChI is InChI=1S/C31H36F3NO3/c1-20-9-16-26(30(2,3)23-11-10-21-7-5-6-8-22(21)18-23)27(17-20)38-29(36)19-28(31(32,33)34)35-24-12-14-25(37-4)15-13-24/h5-8,10-15,18,20,26-28,35H,9,16-17,19H2,1-4H3/t20-,26-,27-,28+/m1/s1. The fourth-order valence-corrected chi connectivity index (χ4v) is 5.61. The monoisotopic (exact) mass is 527 g/mol. The summed E-state index contributed by atoms with van der Waals surface area (Å²) in [5.41, 5.74) is 1.05. The zero-order valence-electron chi connectivity index (χ0n) is 22.3. The highest BCUT2D eigenvalue weighted by atomic mass is 19.4. The van der Waals surface area contributed by atoms with Crippen LogP contribution in [0.25, 0.3) is 10.8 Å². The molecule has 0 aliphatic heterocycles. The molecular formula is C31H36F3NO3. The average molecular weight is 528 g/mol. The number of nitrogens with one attached hydrogen (secondary N) is 1. The van der Waals surface area contributed by atoms with E-state index in [0.717, 1.165) is 29.2 Å². The third-order valence-corrected chi connectivity index (χ3v) is 7.95. The van der Waals surface area contributed by atoms with E-state index in [1.807, 2.05) is 12.1 Å². The number of benzene rings is 3. The normalized spacial score (nSPS) is 21.1. The first kappa shape index (κ1) is 27.8. The summed E-state index contributed by atoms with van der Waals surface area (Å²) in [5, 5.41) is 4.73. The Kier molecular flexibility index (Phi) is 8.24. The lowest BCUT2D eigenvalue weighted by Gasteiger charge is -2.44. The zero-order valence-corrected chi connectivity index (χ0v) is 22.3. The summed E-state index contributed by atoms with van der Waals surface area (Å²) < 4.78 is 52.6. The number of hydrogen-bond acceptors (Lipinski definition) is 4. The molecular weight excluding hydrogens is 491 g/mol. The molecule has 4 atom stereocenters. The van der Waals surface area contributed by atoms with Gasteiger partial charge in [-0.1, -0.05) is 69.7 Å². The zero-order chi connectivity index (χ0) is 27.5. The molecule has 0 spiro atoms. The van der Waals surface area contributed by atoms with Crippen molar-refractivity contribution in [2.45, 2.75) is 70.2 Å². The maximum atomic E-state index is 13.9. The molecule has 0 amide bonds. The van der Waals surface area contributed by atoms with Gasteiger partial charge in [-0.05, 0) is 64.8 Å². The van der Waals surface area contributed by atoms with Crippen LogP contribution in [0.5, 0.6) is 5.75 Å². The lowest BCUT2D eigenvalue weighted by Crippen LogP contribution is -2.45. The van der Waals surface area contributed by atoms with Crippen molar-refractivity contribution in [1.29, 1.82) is 0 Å². The Bertz CT molecular complexity index is 1240. The van der Waals surface area contributed by atoms with Gasteiger partial charge in [0.2, 0.25) is 0 Å². The second kappa shape index (κ2) is 11.3. The molecule has 0 unspecified atom stereocenters. The van der Waals surface area contributed by atoms with E-state index in [0.29, 0.717) is 18.1 Å². The van der Waals surface area contributed by atoms with Gasteiger partial charge in [0.1, 0.15) is 17.9 Å². The molecule has 0 bridgehead atoms. The van der Waals surface area contributed by atoms with Crippen LogP contribution in [-0.4, -0.2) is 31.4 Å². The second-order valence-corrected chi connectivity index (χ2v) is 11.0. The number of methoxy groups -OCH3 is 1. The number of ether oxygens (including phenoxy) is 2. The summed E-state index contributed by atoms with van der Waals surface area (Å²) in [7, 11) is 1.48. The highest BCUT2D eigenvalue weighted by Gasteiger charge is 2.45. The van der Waals surface area contributed by atoms with Gasteiger partial charge in [-0.2, -0.15) is 13.2 Å². The molecule has 0 aromatic heterocycles. The van der Waals surface area contributed by atoms with Crippen molar-refractivity contribution in [2.24, 2.45) is 11.8 Å². The van der Waals surface area contributed by atoms with E-state index in [-0.39, 0.29) is 17.0 Å². The fourth-order valence-electron chi connectivity index (χ4n) is 5.61. The average Bonchev–Trinajstić information content (AvgIpc) is 2.87. The lowest BCUT2D eigenvalue weighted by molar-refractivity contribution is -0.169. The topological polar surface area (TPSA) is 47.6 Å². The van der Waals surface area contributed by atoms with E-state index < -0.39 is 30.7 Å². The maximum absolute atomic E-state index is 13.9. The SMILES string of the molecule is COc1ccc(N[C@@H](CC(=O)O[C@@H]2C[C@H](C)CC[C@H]2C(C)(C)c2ccc3ccccc3c2)C(F)(F)F)cc1. The van der Waals surface area contributed by atoms with Crippen molar-refractivity contribution in [1.82, 2.24) is 0 Å². The minimum absolute atomic E-state index is 0.0114. The van der Waals surface area contributed by atoms with Gasteiger partial charge in [0.15, 0.2) is 0 Å². The van der Waals surface area contributed by atoms with Gasteiger partial charge in [0.05, 0.1) is 13.5 Å². The molecule has 0 saturated heterocycles. The number of fused-ring (bicyclic) bond motifs is 1. The van der Waals surface area contributed by atoms with E-state index in [1.54, 1.807) is 12.1 Å². The van der Waals surface area contributed by atoms with Crippen LogP contribution in [0.1, 0.15) is 52.0 Å². The maximum Gasteiger partial charge on any atom is 0.409 e. The molecule has 1 saturated carbocycles. The van der Waals surface area contributed by atoms with E-state index in [9.17, 15) is 18.0 Å². The summed E-state index contributed by atoms with van der Waals surface area (Å²) >= 11 is 0. The second-order valence-electron chi connectivity index (χ2n) is 11.0. The largest absolute Gasteiger partial charge is 0.497 e. The van der Waals surface area contributed by atoms with Gasteiger partial charge >= 0.3 is 12.1 Å². The predicted octanol–water partition coefficient (Wildman–Crippen LogP) is 7.91. The Morgan fingerprint density at radius 1 is 1.00 bits per heavy atom. The number of rotatable bonds is 8. The predicted molar refractivity (Wildman–Crippen MR) is 144 cm³/mol. The molecule has 0 heterocycles. The fraction of sp³-hybridized carbons (Fsp3) is 0.452. The van der Waals surface area contributed by atoms with Crippen LogP contribution < -0.4 is 10.1 Å². The Hall–Kier alpha value is -3.22. The molecule has 204 valence electrons. The first-order chi connectivity index (χ1) is 18.0. The minimum atomic E-state index is -4.62. The van der Waals surface area contributed by atoms with Gasteiger partial charge in [-0.25, -0.2) is 0 Å². The number of hydrogen-bond donors (Lipinski definition) is 1. The molecule has 0 radical (unpaired) electrons. The number of carbonyl (C=O) groups excluding carboxylic acids is 1. The highest BCUT2D eigenvalue weighted by Crippen LogP contribution is 2.44. The Labute approximate surface area is 222 Å². The van der Waals surface area contributed by atoms with Gasteiger partial charge < -0.3 is 14.8 Å². The van der Waals surface area contributed by atoms with Crippen LogP contribution in [0.15, 0.2) is 66.7 Å². The number of anilines is 1. The molecule has 38 heavy (non-hydrogen) atoms. The quantitative estimate of drug-likeness (QED) is 0.303. The molecule has 4 rings (SSSR count). The van der Waals surface area contributed by atoms with Gasteiger partial charge in [-0.15, -0.1) is 0 Å². The van der Waals surface area contributed by atoms with E-state index in [1.165, 1.54) is 19.2 Å². The highest BCUT2D eigenvalue weighted by molar-refractivity contribution is 5.83. The summed E-state index contributed by atoms with van der Waals surface area (Å²) in [6.45, 7) is 6.38. The van der Waals surface area contributed by atoms with Gasteiger partial charge in [-0.3, -0.25) is 4.79 Å². The Balaban J connectivity index is 1.51. The van der Waals surface area contributed by atoms with Crippen LogP contribution in [0.3, 0.4) is 0 Å². The molecule has 7 heteroatoms. The Morgan fingerprint density at radius 2 is 1.68 bits per heavy atom. The molecule has 1 fully saturated rings. The third kappa shape index (κ3) is 6.43. The van der Waals surface area contributed by atoms with Crippen molar-refractivity contribution in [2.75, 3.05) is 12.4 Å².